The van der Waals surface area contributed by atoms with Crippen LogP contribution >= 0.6 is 23.2 Å². The van der Waals surface area contributed by atoms with Crippen LogP contribution in [0.4, 0.5) is 0 Å². The molecular formula is C18H20Cl2N2O3S. The summed E-state index contributed by atoms with van der Waals surface area (Å²) in [4.78, 5) is 12.4. The number of carbonyl (C=O) groups is 1. The molecule has 140 valence electrons. The maximum atomic E-state index is 12.4. The standard InChI is InChI=1S/C18H20Cl2N2O3S/c1-12(13-3-7-15(19)8-4-13)21-18(23)11-17(22-26(2,24)25)14-5-9-16(20)10-6-14/h3-10,12,17,22H,11H2,1-2H3,(H,21,23)/t12-,17-/m0/s1. The smallest absolute Gasteiger partial charge is 0.222 e. The number of nitrogens with one attached hydrogen (secondary N) is 2. The van der Waals surface area contributed by atoms with Crippen LogP contribution in [0.15, 0.2) is 48.5 Å². The Balaban J connectivity index is 2.10. The largest absolute Gasteiger partial charge is 0.350 e. The van der Waals surface area contributed by atoms with Crippen molar-refractivity contribution >= 4 is 39.1 Å². The average Bonchev–Trinajstić information content (AvgIpc) is 2.54. The molecule has 2 aromatic carbocycles. The van der Waals surface area contributed by atoms with Crippen molar-refractivity contribution in [2.45, 2.75) is 25.4 Å². The zero-order valence-electron chi connectivity index (χ0n) is 14.4. The lowest BCUT2D eigenvalue weighted by atomic mass is 10.0. The summed E-state index contributed by atoms with van der Waals surface area (Å²) in [5, 5.41) is 4.02. The zero-order chi connectivity index (χ0) is 19.3. The minimum absolute atomic E-state index is 0.0351. The molecule has 0 fully saturated rings. The average molecular weight is 415 g/mol. The number of rotatable bonds is 7. The second kappa shape index (κ2) is 8.86. The van der Waals surface area contributed by atoms with Gasteiger partial charge in [0.2, 0.25) is 15.9 Å². The summed E-state index contributed by atoms with van der Waals surface area (Å²) >= 11 is 11.7. The van der Waals surface area contributed by atoms with Crippen LogP contribution < -0.4 is 10.0 Å². The van der Waals surface area contributed by atoms with Crippen LogP contribution in [0, 0.1) is 0 Å². The Kier molecular flexibility index (Phi) is 7.06. The van der Waals surface area contributed by atoms with Gasteiger partial charge in [0.25, 0.3) is 0 Å². The van der Waals surface area contributed by atoms with Gasteiger partial charge in [-0.2, -0.15) is 0 Å². The van der Waals surface area contributed by atoms with Crippen molar-refractivity contribution in [1.29, 1.82) is 0 Å². The molecule has 0 aliphatic carbocycles. The molecular weight excluding hydrogens is 395 g/mol. The second-order valence-corrected chi connectivity index (χ2v) is 8.69. The first-order chi connectivity index (χ1) is 12.1. The minimum atomic E-state index is -3.49. The van der Waals surface area contributed by atoms with Crippen LogP contribution in [0.1, 0.15) is 36.6 Å². The Morgan fingerprint density at radius 1 is 0.962 bits per heavy atom. The topological polar surface area (TPSA) is 75.3 Å². The molecule has 0 heterocycles. The number of carbonyl (C=O) groups excluding carboxylic acids is 1. The molecule has 8 heteroatoms. The van der Waals surface area contributed by atoms with Crippen LogP contribution in [-0.4, -0.2) is 20.6 Å². The maximum Gasteiger partial charge on any atom is 0.222 e. The highest BCUT2D eigenvalue weighted by atomic mass is 35.5. The van der Waals surface area contributed by atoms with Gasteiger partial charge in [0.1, 0.15) is 0 Å². The van der Waals surface area contributed by atoms with E-state index in [0.717, 1.165) is 11.8 Å². The fourth-order valence-corrected chi connectivity index (χ4v) is 3.49. The molecule has 2 rings (SSSR count). The molecule has 0 bridgehead atoms. The first-order valence-corrected chi connectivity index (χ1v) is 10.6. The van der Waals surface area contributed by atoms with E-state index >= 15 is 0 Å². The SMILES string of the molecule is C[C@H](NC(=O)C[C@H](NS(C)(=O)=O)c1ccc(Cl)cc1)c1ccc(Cl)cc1. The molecule has 0 aliphatic heterocycles. The summed E-state index contributed by atoms with van der Waals surface area (Å²) in [7, 11) is -3.49. The van der Waals surface area contributed by atoms with E-state index in [-0.39, 0.29) is 18.4 Å². The van der Waals surface area contributed by atoms with Crippen molar-refractivity contribution in [3.63, 3.8) is 0 Å². The van der Waals surface area contributed by atoms with Crippen LogP contribution in [0.2, 0.25) is 10.0 Å². The van der Waals surface area contributed by atoms with E-state index < -0.39 is 16.1 Å². The Bertz CT molecular complexity index is 853. The van der Waals surface area contributed by atoms with Crippen LogP contribution in [0.5, 0.6) is 0 Å². The molecule has 5 nitrogen and oxygen atoms in total. The van der Waals surface area contributed by atoms with Crippen molar-refractivity contribution in [1.82, 2.24) is 10.0 Å². The summed E-state index contributed by atoms with van der Waals surface area (Å²) in [6, 6.07) is 13.0. The van der Waals surface area contributed by atoms with E-state index in [1.807, 2.05) is 19.1 Å². The number of hydrogen-bond donors (Lipinski definition) is 2. The summed E-state index contributed by atoms with van der Waals surface area (Å²) in [6.07, 6.45) is 1.02. The lowest BCUT2D eigenvalue weighted by molar-refractivity contribution is -0.122. The molecule has 2 atom stereocenters. The minimum Gasteiger partial charge on any atom is -0.350 e. The van der Waals surface area contributed by atoms with Gasteiger partial charge < -0.3 is 5.32 Å². The molecule has 26 heavy (non-hydrogen) atoms. The lowest BCUT2D eigenvalue weighted by Gasteiger charge is -2.20. The Morgan fingerprint density at radius 2 is 1.42 bits per heavy atom. The molecule has 2 N–H and O–H groups in total. The van der Waals surface area contributed by atoms with E-state index in [4.69, 9.17) is 23.2 Å². The normalized spacial score (nSPS) is 13.8. The first kappa shape index (κ1) is 20.7. The summed E-state index contributed by atoms with van der Waals surface area (Å²) < 4.78 is 25.8. The molecule has 1 amide bonds. The number of sulfonamides is 1. The molecule has 0 aromatic heterocycles. The fraction of sp³-hybridized carbons (Fsp3) is 0.278. The van der Waals surface area contributed by atoms with Gasteiger partial charge in [-0.1, -0.05) is 47.5 Å². The summed E-state index contributed by atoms with van der Waals surface area (Å²) in [5.41, 5.74) is 1.57. The molecule has 2 aromatic rings. The van der Waals surface area contributed by atoms with Crippen LogP contribution in [0.3, 0.4) is 0 Å². The van der Waals surface area contributed by atoms with Crippen molar-refractivity contribution < 1.29 is 13.2 Å². The number of hydrogen-bond acceptors (Lipinski definition) is 3. The molecule has 0 radical (unpaired) electrons. The van der Waals surface area contributed by atoms with Gasteiger partial charge in [0, 0.05) is 16.5 Å². The van der Waals surface area contributed by atoms with E-state index in [1.54, 1.807) is 36.4 Å². The predicted molar refractivity (Wildman–Crippen MR) is 105 cm³/mol. The van der Waals surface area contributed by atoms with Gasteiger partial charge in [0.15, 0.2) is 0 Å². The highest BCUT2D eigenvalue weighted by Gasteiger charge is 2.21. The predicted octanol–water partition coefficient (Wildman–Crippen LogP) is 3.85. The molecule has 0 saturated carbocycles. The first-order valence-electron chi connectivity index (χ1n) is 7.91. The van der Waals surface area contributed by atoms with E-state index in [9.17, 15) is 13.2 Å². The van der Waals surface area contributed by atoms with Gasteiger partial charge in [-0.05, 0) is 42.3 Å². The van der Waals surface area contributed by atoms with Crippen LogP contribution in [0.25, 0.3) is 0 Å². The monoisotopic (exact) mass is 414 g/mol. The van der Waals surface area contributed by atoms with Crippen molar-refractivity contribution in [3.05, 3.63) is 69.7 Å². The van der Waals surface area contributed by atoms with Gasteiger partial charge in [-0.25, -0.2) is 13.1 Å². The van der Waals surface area contributed by atoms with Gasteiger partial charge >= 0.3 is 0 Å². The summed E-state index contributed by atoms with van der Waals surface area (Å²) in [6.45, 7) is 1.85. The zero-order valence-corrected chi connectivity index (χ0v) is 16.7. The van der Waals surface area contributed by atoms with E-state index in [0.29, 0.717) is 15.6 Å². The Hall–Kier alpha value is -1.60. The third kappa shape index (κ3) is 6.61. The lowest BCUT2D eigenvalue weighted by Crippen LogP contribution is -2.34. The number of benzene rings is 2. The second-order valence-electron chi connectivity index (χ2n) is 6.04. The Morgan fingerprint density at radius 3 is 1.88 bits per heavy atom. The third-order valence-electron chi connectivity index (χ3n) is 3.77. The fourth-order valence-electron chi connectivity index (χ4n) is 2.50. The van der Waals surface area contributed by atoms with Gasteiger partial charge in [0.05, 0.1) is 18.3 Å². The van der Waals surface area contributed by atoms with Gasteiger partial charge in [-0.3, -0.25) is 4.79 Å². The molecule has 0 unspecified atom stereocenters. The summed E-state index contributed by atoms with van der Waals surface area (Å²) in [5.74, 6) is -0.274. The number of halogens is 2. The third-order valence-corrected chi connectivity index (χ3v) is 4.98. The van der Waals surface area contributed by atoms with Gasteiger partial charge in [-0.15, -0.1) is 0 Å². The quantitative estimate of drug-likeness (QED) is 0.721. The highest BCUT2D eigenvalue weighted by Crippen LogP contribution is 2.21. The van der Waals surface area contributed by atoms with Crippen LogP contribution in [-0.2, 0) is 14.8 Å². The highest BCUT2D eigenvalue weighted by molar-refractivity contribution is 7.88. The van der Waals surface area contributed by atoms with E-state index in [2.05, 4.69) is 10.0 Å². The molecule has 0 spiro atoms. The van der Waals surface area contributed by atoms with E-state index in [1.165, 1.54) is 0 Å². The number of amides is 1. The molecule has 0 saturated heterocycles. The van der Waals surface area contributed by atoms with Crippen molar-refractivity contribution in [2.24, 2.45) is 0 Å². The molecule has 0 aliphatic rings. The Labute approximate surface area is 163 Å². The van der Waals surface area contributed by atoms with Crippen molar-refractivity contribution in [3.8, 4) is 0 Å². The van der Waals surface area contributed by atoms with Crippen molar-refractivity contribution in [2.75, 3.05) is 6.26 Å². The maximum absolute atomic E-state index is 12.4.